The van der Waals surface area contributed by atoms with Crippen LogP contribution in [0.2, 0.25) is 0 Å². The lowest BCUT2D eigenvalue weighted by molar-refractivity contribution is -0.142. The minimum absolute atomic E-state index is 0.167. The molecule has 6 heteroatoms. The fourth-order valence-corrected chi connectivity index (χ4v) is 3.11. The summed E-state index contributed by atoms with van der Waals surface area (Å²) in [5.74, 6) is 0.530. The summed E-state index contributed by atoms with van der Waals surface area (Å²) < 4.78 is 41.0. The monoisotopic (exact) mass is 328 g/mol. The van der Waals surface area contributed by atoms with Crippen molar-refractivity contribution in [1.82, 2.24) is 0 Å². The average molecular weight is 328 g/mol. The van der Waals surface area contributed by atoms with Crippen molar-refractivity contribution in [3.8, 4) is 0 Å². The van der Waals surface area contributed by atoms with Crippen LogP contribution in [-0.4, -0.2) is 29.8 Å². The second-order valence-corrected chi connectivity index (χ2v) is 6.34. The zero-order valence-corrected chi connectivity index (χ0v) is 13.8. The number of rotatable bonds is 12. The van der Waals surface area contributed by atoms with Crippen molar-refractivity contribution in [2.45, 2.75) is 76.6 Å². The maximum atomic E-state index is 12.0. The quantitative estimate of drug-likeness (QED) is 0.356. The number of esters is 1. The third kappa shape index (κ3) is 13.0. The summed E-state index contributed by atoms with van der Waals surface area (Å²) in [6.07, 6.45) is 0.627. The van der Waals surface area contributed by atoms with Crippen molar-refractivity contribution in [2.24, 2.45) is 0 Å². The van der Waals surface area contributed by atoms with E-state index >= 15 is 0 Å². The standard InChI is InChI=1S/C15H27F3O2S/c1-3-5-7-10-13(14(19)20-4-2)21-12-9-6-8-11-15(16,17)18/h13H,3-12H2,1-2H3. The van der Waals surface area contributed by atoms with E-state index in [1.165, 1.54) is 11.8 Å². The van der Waals surface area contributed by atoms with Crippen LogP contribution in [0.25, 0.3) is 0 Å². The summed E-state index contributed by atoms with van der Waals surface area (Å²) in [5.41, 5.74) is 0. The predicted molar refractivity (Wildman–Crippen MR) is 81.5 cm³/mol. The van der Waals surface area contributed by atoms with Gasteiger partial charge in [-0.25, -0.2) is 0 Å². The maximum absolute atomic E-state index is 12.0. The first-order valence-electron chi connectivity index (χ1n) is 7.75. The Labute approximate surface area is 130 Å². The van der Waals surface area contributed by atoms with E-state index in [0.717, 1.165) is 25.7 Å². The average Bonchev–Trinajstić information content (AvgIpc) is 2.39. The van der Waals surface area contributed by atoms with Gasteiger partial charge < -0.3 is 4.74 Å². The number of halogens is 3. The van der Waals surface area contributed by atoms with Crippen molar-refractivity contribution >= 4 is 17.7 Å². The van der Waals surface area contributed by atoms with Crippen LogP contribution in [0.5, 0.6) is 0 Å². The van der Waals surface area contributed by atoms with Gasteiger partial charge in [0.1, 0.15) is 5.25 Å². The summed E-state index contributed by atoms with van der Waals surface area (Å²) >= 11 is 1.52. The van der Waals surface area contributed by atoms with Gasteiger partial charge >= 0.3 is 12.1 Å². The van der Waals surface area contributed by atoms with E-state index in [9.17, 15) is 18.0 Å². The van der Waals surface area contributed by atoms with Crippen LogP contribution in [0.4, 0.5) is 13.2 Å². The normalized spacial score (nSPS) is 13.2. The summed E-state index contributed by atoms with van der Waals surface area (Å²) in [7, 11) is 0. The van der Waals surface area contributed by atoms with E-state index in [0.29, 0.717) is 25.2 Å². The maximum Gasteiger partial charge on any atom is 0.389 e. The third-order valence-electron chi connectivity index (χ3n) is 3.04. The van der Waals surface area contributed by atoms with Crippen LogP contribution in [0.3, 0.4) is 0 Å². The topological polar surface area (TPSA) is 26.3 Å². The zero-order valence-electron chi connectivity index (χ0n) is 13.0. The number of carbonyl (C=O) groups is 1. The molecule has 0 aliphatic heterocycles. The number of carbonyl (C=O) groups excluding carboxylic acids is 1. The van der Waals surface area contributed by atoms with Crippen LogP contribution in [-0.2, 0) is 9.53 Å². The molecular weight excluding hydrogens is 301 g/mol. The molecule has 0 aromatic rings. The van der Waals surface area contributed by atoms with Crippen molar-refractivity contribution in [3.05, 3.63) is 0 Å². The first kappa shape index (κ1) is 20.6. The Kier molecular flexibility index (Phi) is 12.0. The molecule has 0 heterocycles. The smallest absolute Gasteiger partial charge is 0.389 e. The Morgan fingerprint density at radius 3 is 2.38 bits per heavy atom. The second kappa shape index (κ2) is 12.2. The number of alkyl halides is 3. The zero-order chi connectivity index (χ0) is 16.1. The molecule has 0 aliphatic carbocycles. The van der Waals surface area contributed by atoms with Gasteiger partial charge in [-0.15, -0.1) is 11.8 Å². The molecule has 0 N–H and O–H groups in total. The lowest BCUT2D eigenvalue weighted by Crippen LogP contribution is -2.21. The summed E-state index contributed by atoms with van der Waals surface area (Å²) in [6.45, 7) is 4.26. The van der Waals surface area contributed by atoms with Gasteiger partial charge in [0.2, 0.25) is 0 Å². The van der Waals surface area contributed by atoms with E-state index in [1.807, 2.05) is 0 Å². The van der Waals surface area contributed by atoms with Crippen molar-refractivity contribution in [1.29, 1.82) is 0 Å². The molecule has 1 atom stereocenters. The van der Waals surface area contributed by atoms with Gasteiger partial charge in [-0.2, -0.15) is 13.2 Å². The fraction of sp³-hybridized carbons (Fsp3) is 0.933. The van der Waals surface area contributed by atoms with Crippen LogP contribution in [0.15, 0.2) is 0 Å². The highest BCUT2D eigenvalue weighted by Gasteiger charge is 2.25. The Morgan fingerprint density at radius 2 is 1.81 bits per heavy atom. The highest BCUT2D eigenvalue weighted by Crippen LogP contribution is 2.24. The lowest BCUT2D eigenvalue weighted by atomic mass is 10.1. The van der Waals surface area contributed by atoms with Gasteiger partial charge in [0.15, 0.2) is 0 Å². The van der Waals surface area contributed by atoms with Crippen LogP contribution >= 0.6 is 11.8 Å². The molecule has 0 amide bonds. The van der Waals surface area contributed by atoms with E-state index in [-0.39, 0.29) is 17.6 Å². The molecule has 0 rings (SSSR count). The van der Waals surface area contributed by atoms with Gasteiger partial charge in [-0.3, -0.25) is 4.79 Å². The van der Waals surface area contributed by atoms with Crippen molar-refractivity contribution in [2.75, 3.05) is 12.4 Å². The number of unbranched alkanes of at least 4 members (excludes halogenated alkanes) is 4. The van der Waals surface area contributed by atoms with E-state index < -0.39 is 12.6 Å². The largest absolute Gasteiger partial charge is 0.465 e. The Bertz CT molecular complexity index is 270. The Hall–Kier alpha value is -0.390. The van der Waals surface area contributed by atoms with Crippen molar-refractivity contribution < 1.29 is 22.7 Å². The molecule has 1 unspecified atom stereocenters. The number of thioether (sulfide) groups is 1. The van der Waals surface area contributed by atoms with Gasteiger partial charge in [-0.05, 0) is 31.9 Å². The number of ether oxygens (including phenoxy) is 1. The molecule has 0 bridgehead atoms. The third-order valence-corrected chi connectivity index (χ3v) is 4.40. The first-order valence-corrected chi connectivity index (χ1v) is 8.80. The Balaban J connectivity index is 3.86. The minimum atomic E-state index is -4.05. The Morgan fingerprint density at radius 1 is 1.10 bits per heavy atom. The minimum Gasteiger partial charge on any atom is -0.465 e. The SMILES string of the molecule is CCCCCC(SCCCCCC(F)(F)F)C(=O)OCC. The first-order chi connectivity index (χ1) is 9.90. The van der Waals surface area contributed by atoms with Gasteiger partial charge in [0.05, 0.1) is 6.61 Å². The molecule has 126 valence electrons. The molecule has 21 heavy (non-hydrogen) atoms. The van der Waals surface area contributed by atoms with Crippen LogP contribution in [0, 0.1) is 0 Å². The van der Waals surface area contributed by atoms with Gasteiger partial charge in [0, 0.05) is 6.42 Å². The molecular formula is C15H27F3O2S. The second-order valence-electron chi connectivity index (χ2n) is 5.03. The number of hydrogen-bond acceptors (Lipinski definition) is 3. The molecule has 0 spiro atoms. The summed E-state index contributed by atoms with van der Waals surface area (Å²) in [5, 5.41) is -0.167. The van der Waals surface area contributed by atoms with Gasteiger partial charge in [0.25, 0.3) is 0 Å². The van der Waals surface area contributed by atoms with Gasteiger partial charge in [-0.1, -0.05) is 32.6 Å². The molecule has 2 nitrogen and oxygen atoms in total. The van der Waals surface area contributed by atoms with E-state index in [2.05, 4.69) is 6.92 Å². The molecule has 0 aromatic carbocycles. The summed E-state index contributed by atoms with van der Waals surface area (Å²) in [4.78, 5) is 11.8. The molecule has 0 saturated heterocycles. The molecule has 0 fully saturated rings. The number of hydrogen-bond donors (Lipinski definition) is 0. The highest BCUT2D eigenvalue weighted by molar-refractivity contribution is 8.00. The van der Waals surface area contributed by atoms with Crippen LogP contribution < -0.4 is 0 Å². The molecule has 0 aromatic heterocycles. The highest BCUT2D eigenvalue weighted by atomic mass is 32.2. The van der Waals surface area contributed by atoms with Crippen LogP contribution in [0.1, 0.15) is 65.2 Å². The predicted octanol–water partition coefficient (Wildman–Crippen LogP) is 5.35. The molecule has 0 aliphatic rings. The van der Waals surface area contributed by atoms with E-state index in [1.54, 1.807) is 6.92 Å². The molecule has 0 radical (unpaired) electrons. The lowest BCUT2D eigenvalue weighted by Gasteiger charge is -2.15. The summed E-state index contributed by atoms with van der Waals surface area (Å²) in [6, 6.07) is 0. The van der Waals surface area contributed by atoms with E-state index in [4.69, 9.17) is 4.74 Å². The fourth-order valence-electron chi connectivity index (χ4n) is 1.91. The molecule has 0 saturated carbocycles. The van der Waals surface area contributed by atoms with Crippen molar-refractivity contribution in [3.63, 3.8) is 0 Å².